The zero-order valence-electron chi connectivity index (χ0n) is 10.7. The van der Waals surface area contributed by atoms with Crippen LogP contribution < -0.4 is 5.73 Å². The Morgan fingerprint density at radius 2 is 2.11 bits per heavy atom. The molecule has 0 fully saturated rings. The van der Waals surface area contributed by atoms with Crippen LogP contribution in [0.1, 0.15) is 26.3 Å². The molecule has 0 aliphatic carbocycles. The van der Waals surface area contributed by atoms with Gasteiger partial charge in [0.2, 0.25) is 0 Å². The van der Waals surface area contributed by atoms with E-state index in [1.54, 1.807) is 39.0 Å². The molecule has 1 aromatic rings. The van der Waals surface area contributed by atoms with Crippen molar-refractivity contribution in [1.82, 2.24) is 0 Å². The first-order valence-corrected chi connectivity index (χ1v) is 6.44. The standard InChI is InChI=1S/C13H18BrNO3/c1-13(2,3)18-12(17)10(15)7-8-4-5-11(16)9(14)6-8/h4-6,10,16H,7,15H2,1-3H3/t10-/m0/s1. The Morgan fingerprint density at radius 3 is 2.61 bits per heavy atom. The van der Waals surface area contributed by atoms with E-state index in [4.69, 9.17) is 10.5 Å². The summed E-state index contributed by atoms with van der Waals surface area (Å²) in [6, 6.07) is 4.31. The Balaban J connectivity index is 2.66. The third kappa shape index (κ3) is 4.66. The number of nitrogens with two attached hydrogens (primary N) is 1. The lowest BCUT2D eigenvalue weighted by atomic mass is 10.1. The van der Waals surface area contributed by atoms with Crippen molar-refractivity contribution in [2.45, 2.75) is 38.8 Å². The normalized spacial score (nSPS) is 13.2. The molecule has 1 aromatic carbocycles. The predicted octanol–water partition coefficient (Wildman–Crippen LogP) is 2.37. The molecule has 0 amide bonds. The molecule has 18 heavy (non-hydrogen) atoms. The van der Waals surface area contributed by atoms with Crippen molar-refractivity contribution in [1.29, 1.82) is 0 Å². The molecule has 0 heterocycles. The first-order valence-electron chi connectivity index (χ1n) is 5.65. The summed E-state index contributed by atoms with van der Waals surface area (Å²) in [4.78, 5) is 11.7. The van der Waals surface area contributed by atoms with E-state index in [1.165, 1.54) is 0 Å². The number of phenols is 1. The number of carbonyl (C=O) groups excluding carboxylic acids is 1. The second-order valence-corrected chi connectivity index (χ2v) is 5.98. The third-order valence-corrected chi connectivity index (χ3v) is 2.81. The van der Waals surface area contributed by atoms with Gasteiger partial charge >= 0.3 is 5.97 Å². The molecule has 0 aliphatic rings. The highest BCUT2D eigenvalue weighted by molar-refractivity contribution is 9.10. The smallest absolute Gasteiger partial charge is 0.323 e. The summed E-state index contributed by atoms with van der Waals surface area (Å²) in [6.07, 6.45) is 0.369. The Labute approximate surface area is 115 Å². The van der Waals surface area contributed by atoms with Crippen LogP contribution in [0.5, 0.6) is 5.75 Å². The van der Waals surface area contributed by atoms with Gasteiger partial charge in [-0.1, -0.05) is 6.07 Å². The van der Waals surface area contributed by atoms with Crippen LogP contribution in [0.25, 0.3) is 0 Å². The zero-order valence-corrected chi connectivity index (χ0v) is 12.3. The molecular formula is C13H18BrNO3. The van der Waals surface area contributed by atoms with E-state index in [2.05, 4.69) is 15.9 Å². The highest BCUT2D eigenvalue weighted by Crippen LogP contribution is 2.24. The number of phenolic OH excluding ortho intramolecular Hbond substituents is 1. The molecule has 0 saturated heterocycles. The highest BCUT2D eigenvalue weighted by Gasteiger charge is 2.22. The lowest BCUT2D eigenvalue weighted by Gasteiger charge is -2.22. The fourth-order valence-electron chi connectivity index (χ4n) is 1.39. The fourth-order valence-corrected chi connectivity index (χ4v) is 1.82. The van der Waals surface area contributed by atoms with Gasteiger partial charge in [-0.3, -0.25) is 4.79 Å². The van der Waals surface area contributed by atoms with Gasteiger partial charge in [0, 0.05) is 0 Å². The van der Waals surface area contributed by atoms with Crippen LogP contribution in [0.15, 0.2) is 22.7 Å². The number of ether oxygens (including phenoxy) is 1. The monoisotopic (exact) mass is 315 g/mol. The molecule has 0 bridgehead atoms. The van der Waals surface area contributed by atoms with Gasteiger partial charge in [-0.05, 0) is 60.8 Å². The van der Waals surface area contributed by atoms with Gasteiger partial charge in [-0.25, -0.2) is 0 Å². The van der Waals surface area contributed by atoms with Crippen molar-refractivity contribution >= 4 is 21.9 Å². The average molecular weight is 316 g/mol. The molecule has 1 rings (SSSR count). The fraction of sp³-hybridized carbons (Fsp3) is 0.462. The summed E-state index contributed by atoms with van der Waals surface area (Å²) >= 11 is 3.21. The number of esters is 1. The maximum absolute atomic E-state index is 11.7. The van der Waals surface area contributed by atoms with Crippen molar-refractivity contribution in [3.63, 3.8) is 0 Å². The summed E-state index contributed by atoms with van der Waals surface area (Å²) in [5.74, 6) is -0.267. The number of benzene rings is 1. The lowest BCUT2D eigenvalue weighted by Crippen LogP contribution is -2.38. The Kier molecular flexibility index (Phi) is 4.76. The quantitative estimate of drug-likeness (QED) is 0.840. The van der Waals surface area contributed by atoms with Gasteiger partial charge in [-0.2, -0.15) is 0 Å². The van der Waals surface area contributed by atoms with E-state index < -0.39 is 17.6 Å². The molecule has 0 saturated carbocycles. The van der Waals surface area contributed by atoms with Crippen molar-refractivity contribution in [2.75, 3.05) is 0 Å². The molecule has 0 aromatic heterocycles. The van der Waals surface area contributed by atoms with Gasteiger partial charge in [0.05, 0.1) is 4.47 Å². The van der Waals surface area contributed by atoms with E-state index in [-0.39, 0.29) is 5.75 Å². The van der Waals surface area contributed by atoms with Gasteiger partial charge in [-0.15, -0.1) is 0 Å². The second kappa shape index (κ2) is 5.71. The Morgan fingerprint density at radius 1 is 1.50 bits per heavy atom. The van der Waals surface area contributed by atoms with Crippen molar-refractivity contribution in [2.24, 2.45) is 5.73 Å². The predicted molar refractivity (Wildman–Crippen MR) is 73.3 cm³/mol. The molecular weight excluding hydrogens is 298 g/mol. The van der Waals surface area contributed by atoms with E-state index in [1.807, 2.05) is 0 Å². The molecule has 3 N–H and O–H groups in total. The SMILES string of the molecule is CC(C)(C)OC(=O)[C@@H](N)Cc1ccc(O)c(Br)c1. The maximum atomic E-state index is 11.7. The summed E-state index contributed by atoms with van der Waals surface area (Å²) in [5.41, 5.74) is 6.11. The van der Waals surface area contributed by atoms with Crippen molar-refractivity contribution in [3.8, 4) is 5.75 Å². The first kappa shape index (κ1) is 15.0. The first-order chi connectivity index (χ1) is 8.19. The molecule has 0 unspecified atom stereocenters. The molecule has 100 valence electrons. The van der Waals surface area contributed by atoms with Gasteiger partial charge in [0.25, 0.3) is 0 Å². The van der Waals surface area contributed by atoms with Crippen LogP contribution in [0.4, 0.5) is 0 Å². The number of rotatable bonds is 3. The van der Waals surface area contributed by atoms with Crippen LogP contribution >= 0.6 is 15.9 Å². The largest absolute Gasteiger partial charge is 0.507 e. The van der Waals surface area contributed by atoms with E-state index in [0.29, 0.717) is 10.9 Å². The van der Waals surface area contributed by atoms with Gasteiger partial charge in [0.15, 0.2) is 0 Å². The molecule has 0 aliphatic heterocycles. The minimum Gasteiger partial charge on any atom is -0.507 e. The van der Waals surface area contributed by atoms with Crippen LogP contribution in [0.3, 0.4) is 0 Å². The third-order valence-electron chi connectivity index (χ3n) is 2.18. The number of aromatic hydroxyl groups is 1. The zero-order chi connectivity index (χ0) is 13.9. The lowest BCUT2D eigenvalue weighted by molar-refractivity contribution is -0.156. The summed E-state index contributed by atoms with van der Waals surface area (Å²) in [7, 11) is 0. The van der Waals surface area contributed by atoms with Crippen LogP contribution in [-0.4, -0.2) is 22.7 Å². The summed E-state index contributed by atoms with van der Waals surface area (Å²) in [6.45, 7) is 5.40. The van der Waals surface area contributed by atoms with Crippen molar-refractivity contribution in [3.05, 3.63) is 28.2 Å². The average Bonchev–Trinajstić information content (AvgIpc) is 2.21. The Hall–Kier alpha value is -1.07. The number of carbonyl (C=O) groups is 1. The van der Waals surface area contributed by atoms with E-state index >= 15 is 0 Å². The Bertz CT molecular complexity index is 440. The van der Waals surface area contributed by atoms with Crippen LogP contribution in [0.2, 0.25) is 0 Å². The van der Waals surface area contributed by atoms with Crippen LogP contribution in [-0.2, 0) is 16.0 Å². The number of halogens is 1. The summed E-state index contributed by atoms with van der Waals surface area (Å²) in [5, 5.41) is 9.37. The molecule has 0 spiro atoms. The highest BCUT2D eigenvalue weighted by atomic mass is 79.9. The number of hydrogen-bond donors (Lipinski definition) is 2. The second-order valence-electron chi connectivity index (χ2n) is 5.13. The van der Waals surface area contributed by atoms with Gasteiger partial charge < -0.3 is 15.6 Å². The minimum atomic E-state index is -0.708. The molecule has 4 nitrogen and oxygen atoms in total. The van der Waals surface area contributed by atoms with Gasteiger partial charge in [0.1, 0.15) is 17.4 Å². The van der Waals surface area contributed by atoms with E-state index in [9.17, 15) is 9.90 Å². The molecule has 1 atom stereocenters. The molecule has 5 heteroatoms. The molecule has 0 radical (unpaired) electrons. The minimum absolute atomic E-state index is 0.157. The maximum Gasteiger partial charge on any atom is 0.323 e. The van der Waals surface area contributed by atoms with E-state index in [0.717, 1.165) is 5.56 Å². The topological polar surface area (TPSA) is 72.5 Å². The van der Waals surface area contributed by atoms with Crippen LogP contribution in [0, 0.1) is 0 Å². The summed E-state index contributed by atoms with van der Waals surface area (Å²) < 4.78 is 5.78. The van der Waals surface area contributed by atoms with Crippen molar-refractivity contribution < 1.29 is 14.6 Å². The number of hydrogen-bond acceptors (Lipinski definition) is 4.